The van der Waals surface area contributed by atoms with E-state index in [0.717, 1.165) is 6.07 Å². The third kappa shape index (κ3) is 7.12. The third-order valence-electron chi connectivity index (χ3n) is 3.71. The summed E-state index contributed by atoms with van der Waals surface area (Å²) in [5.41, 5.74) is 4.26. The number of ether oxygens (including phenoxy) is 2. The fourth-order valence-electron chi connectivity index (χ4n) is 2.44. The molecule has 2 amide bonds. The summed E-state index contributed by atoms with van der Waals surface area (Å²) in [5.74, 6) is -0.554. The highest BCUT2D eigenvalue weighted by Gasteiger charge is 2.20. The van der Waals surface area contributed by atoms with Gasteiger partial charge in [-0.25, -0.2) is 13.1 Å². The lowest BCUT2D eigenvalue weighted by Gasteiger charge is -2.13. The van der Waals surface area contributed by atoms with Crippen molar-refractivity contribution in [3.05, 3.63) is 53.1 Å². The van der Waals surface area contributed by atoms with E-state index in [1.807, 2.05) is 6.92 Å². The molecule has 0 bridgehead atoms. The number of sulfonamides is 1. The molecular weight excluding hydrogens is 446 g/mol. The number of para-hydroxylation sites is 2. The lowest BCUT2D eigenvalue weighted by Crippen LogP contribution is -2.44. The third-order valence-corrected chi connectivity index (χ3v) is 5.69. The van der Waals surface area contributed by atoms with Gasteiger partial charge >= 0.3 is 0 Å². The van der Waals surface area contributed by atoms with Crippen LogP contribution >= 0.6 is 11.6 Å². The average Bonchev–Trinajstić information content (AvgIpc) is 2.70. The summed E-state index contributed by atoms with van der Waals surface area (Å²) in [6, 6.07) is 10.2. The Labute approximate surface area is 186 Å². The monoisotopic (exact) mass is 469 g/mol. The molecule has 0 aliphatic carbocycles. The molecule has 3 N–H and O–H groups in total. The smallest absolute Gasteiger partial charge is 0.276 e. The Morgan fingerprint density at radius 1 is 1.03 bits per heavy atom. The van der Waals surface area contributed by atoms with Gasteiger partial charge in [-0.3, -0.25) is 20.4 Å². The number of amides is 2. The van der Waals surface area contributed by atoms with Gasteiger partial charge in [0.25, 0.3) is 11.8 Å². The van der Waals surface area contributed by atoms with E-state index in [0.29, 0.717) is 18.1 Å². The summed E-state index contributed by atoms with van der Waals surface area (Å²) in [4.78, 5) is 24.3. The molecule has 9 nitrogen and oxygen atoms in total. The first-order chi connectivity index (χ1) is 14.6. The molecule has 0 spiro atoms. The van der Waals surface area contributed by atoms with E-state index in [4.69, 9.17) is 21.1 Å². The van der Waals surface area contributed by atoms with Crippen LogP contribution in [0.3, 0.4) is 0 Å². The molecule has 0 saturated heterocycles. The van der Waals surface area contributed by atoms with E-state index >= 15 is 0 Å². The standard InChI is InChI=1S/C20H24ClN3O6S/c1-4-29-17-7-5-6-8-18(17)30-12-19(25)22-23-20(26)15-11-14(9-10-16(15)21)31(27,28)24-13(2)3/h5-11,13,24H,4,12H2,1-3H3,(H,22,25)(H,23,26). The maximum atomic E-state index is 12.4. The minimum atomic E-state index is -3.82. The normalized spacial score (nSPS) is 11.1. The lowest BCUT2D eigenvalue weighted by atomic mass is 10.2. The Balaban J connectivity index is 1.99. The number of hydrazine groups is 1. The van der Waals surface area contributed by atoms with E-state index in [9.17, 15) is 18.0 Å². The predicted molar refractivity (Wildman–Crippen MR) is 116 cm³/mol. The molecule has 2 aromatic rings. The highest BCUT2D eigenvalue weighted by Crippen LogP contribution is 2.26. The molecule has 0 unspecified atom stereocenters. The first-order valence-electron chi connectivity index (χ1n) is 9.39. The van der Waals surface area contributed by atoms with Crippen LogP contribution in [0.15, 0.2) is 47.4 Å². The van der Waals surface area contributed by atoms with Gasteiger partial charge in [0.1, 0.15) is 0 Å². The molecular formula is C20H24ClN3O6S. The Bertz CT molecular complexity index is 1040. The quantitative estimate of drug-likeness (QED) is 0.484. The molecule has 0 aromatic heterocycles. The van der Waals surface area contributed by atoms with E-state index in [-0.39, 0.29) is 28.1 Å². The zero-order valence-corrected chi connectivity index (χ0v) is 18.8. The molecule has 0 atom stereocenters. The largest absolute Gasteiger partial charge is 0.490 e. The highest BCUT2D eigenvalue weighted by molar-refractivity contribution is 7.89. The van der Waals surface area contributed by atoms with Gasteiger partial charge in [-0.1, -0.05) is 23.7 Å². The molecule has 2 rings (SSSR count). The van der Waals surface area contributed by atoms with Crippen LogP contribution in [0.4, 0.5) is 0 Å². The van der Waals surface area contributed by atoms with Crippen molar-refractivity contribution in [2.24, 2.45) is 0 Å². The molecule has 0 aliphatic rings. The van der Waals surface area contributed by atoms with Gasteiger partial charge in [0.15, 0.2) is 18.1 Å². The minimum absolute atomic E-state index is 0.0251. The van der Waals surface area contributed by atoms with Crippen LogP contribution in [0.25, 0.3) is 0 Å². The van der Waals surface area contributed by atoms with E-state index < -0.39 is 21.8 Å². The molecule has 0 heterocycles. The maximum Gasteiger partial charge on any atom is 0.276 e. The highest BCUT2D eigenvalue weighted by atomic mass is 35.5. The maximum absolute atomic E-state index is 12.4. The number of rotatable bonds is 9. The fourth-order valence-corrected chi connectivity index (χ4v) is 3.92. The van der Waals surface area contributed by atoms with Crippen LogP contribution in [0, 0.1) is 0 Å². The Morgan fingerprint density at radius 2 is 1.68 bits per heavy atom. The van der Waals surface area contributed by atoms with Crippen molar-refractivity contribution in [1.82, 2.24) is 15.6 Å². The summed E-state index contributed by atoms with van der Waals surface area (Å²) < 4.78 is 37.8. The summed E-state index contributed by atoms with van der Waals surface area (Å²) in [7, 11) is -3.82. The van der Waals surface area contributed by atoms with Crippen molar-refractivity contribution in [2.75, 3.05) is 13.2 Å². The van der Waals surface area contributed by atoms with Crippen LogP contribution in [-0.4, -0.2) is 39.5 Å². The van der Waals surface area contributed by atoms with Crippen molar-refractivity contribution in [3.63, 3.8) is 0 Å². The van der Waals surface area contributed by atoms with Crippen LogP contribution in [-0.2, 0) is 14.8 Å². The topological polar surface area (TPSA) is 123 Å². The Hall–Kier alpha value is -2.82. The Kier molecular flexibility index (Phi) is 8.66. The summed E-state index contributed by atoms with van der Waals surface area (Å²) >= 11 is 6.02. The van der Waals surface area contributed by atoms with Crippen LogP contribution < -0.4 is 25.0 Å². The first kappa shape index (κ1) is 24.4. The Morgan fingerprint density at radius 3 is 2.29 bits per heavy atom. The van der Waals surface area contributed by atoms with Gasteiger partial charge in [-0.2, -0.15) is 0 Å². The van der Waals surface area contributed by atoms with E-state index in [2.05, 4.69) is 15.6 Å². The number of nitrogens with one attached hydrogen (secondary N) is 3. The number of hydrogen-bond acceptors (Lipinski definition) is 6. The van der Waals surface area contributed by atoms with Crippen LogP contribution in [0.2, 0.25) is 5.02 Å². The molecule has 168 valence electrons. The van der Waals surface area contributed by atoms with Gasteiger partial charge < -0.3 is 9.47 Å². The molecule has 0 radical (unpaired) electrons. The second-order valence-corrected chi connectivity index (χ2v) is 8.71. The number of carbonyl (C=O) groups excluding carboxylic acids is 2. The number of benzene rings is 2. The van der Waals surface area contributed by atoms with Crippen molar-refractivity contribution < 1.29 is 27.5 Å². The minimum Gasteiger partial charge on any atom is -0.490 e. The number of carbonyl (C=O) groups is 2. The van der Waals surface area contributed by atoms with Gasteiger partial charge in [0.05, 0.1) is 22.1 Å². The zero-order valence-electron chi connectivity index (χ0n) is 17.3. The van der Waals surface area contributed by atoms with Gasteiger partial charge in [-0.15, -0.1) is 0 Å². The molecule has 0 aliphatic heterocycles. The fraction of sp³-hybridized carbons (Fsp3) is 0.300. The second kappa shape index (κ2) is 11.0. The van der Waals surface area contributed by atoms with Gasteiger partial charge in [0, 0.05) is 6.04 Å². The van der Waals surface area contributed by atoms with E-state index in [1.165, 1.54) is 12.1 Å². The molecule has 2 aromatic carbocycles. The first-order valence-corrected chi connectivity index (χ1v) is 11.3. The van der Waals surface area contributed by atoms with Crippen molar-refractivity contribution >= 4 is 33.4 Å². The van der Waals surface area contributed by atoms with Crippen molar-refractivity contribution in [1.29, 1.82) is 0 Å². The van der Waals surface area contributed by atoms with Crippen molar-refractivity contribution in [3.8, 4) is 11.5 Å². The summed E-state index contributed by atoms with van der Waals surface area (Å²) in [6.07, 6.45) is 0. The number of halogens is 1. The molecule has 11 heteroatoms. The van der Waals surface area contributed by atoms with Gasteiger partial charge in [0.2, 0.25) is 10.0 Å². The number of hydrogen-bond donors (Lipinski definition) is 3. The second-order valence-electron chi connectivity index (χ2n) is 6.59. The average molecular weight is 470 g/mol. The SMILES string of the molecule is CCOc1ccccc1OCC(=O)NNC(=O)c1cc(S(=O)(=O)NC(C)C)ccc1Cl. The summed E-state index contributed by atoms with van der Waals surface area (Å²) in [6.45, 7) is 5.22. The predicted octanol–water partition coefficient (Wildman–Crippen LogP) is 2.27. The van der Waals surface area contributed by atoms with Crippen LogP contribution in [0.1, 0.15) is 31.1 Å². The zero-order chi connectivity index (χ0) is 23.0. The van der Waals surface area contributed by atoms with E-state index in [1.54, 1.807) is 38.1 Å². The van der Waals surface area contributed by atoms with Crippen LogP contribution in [0.5, 0.6) is 11.5 Å². The summed E-state index contributed by atoms with van der Waals surface area (Å²) in [5, 5.41) is 0.0251. The van der Waals surface area contributed by atoms with Gasteiger partial charge in [-0.05, 0) is 51.1 Å². The molecule has 0 saturated carbocycles. The van der Waals surface area contributed by atoms with Crippen molar-refractivity contribution in [2.45, 2.75) is 31.7 Å². The molecule has 0 fully saturated rings. The lowest BCUT2D eigenvalue weighted by molar-refractivity contribution is -0.123. The molecule has 31 heavy (non-hydrogen) atoms.